The molecule has 2 fully saturated rings. The topological polar surface area (TPSA) is 29.9 Å². The molecule has 0 unspecified atom stereocenters. The summed E-state index contributed by atoms with van der Waals surface area (Å²) in [6, 6.07) is 6.77. The minimum absolute atomic E-state index is 0.605. The number of aromatic amines is 1. The summed E-state index contributed by atoms with van der Waals surface area (Å²) < 4.78 is 8.59. The van der Waals surface area contributed by atoms with E-state index in [1.807, 2.05) is 6.07 Å². The summed E-state index contributed by atoms with van der Waals surface area (Å²) >= 11 is 5.57. The number of methoxy groups -OCH3 is 1. The van der Waals surface area contributed by atoms with Gasteiger partial charge in [0.05, 0.1) is 18.1 Å². The zero-order valence-electron chi connectivity index (χ0n) is 11.1. The van der Waals surface area contributed by atoms with Crippen molar-refractivity contribution in [3.8, 4) is 5.75 Å². The minimum Gasteiger partial charge on any atom is -0.497 e. The molecule has 2 aromatic rings. The van der Waals surface area contributed by atoms with Gasteiger partial charge >= 0.3 is 0 Å². The Bertz CT molecular complexity index is 667. The molecule has 3 nitrogen and oxygen atoms in total. The van der Waals surface area contributed by atoms with Gasteiger partial charge < -0.3 is 14.3 Å². The summed E-state index contributed by atoms with van der Waals surface area (Å²) in [7, 11) is 1.71. The lowest BCUT2D eigenvalue weighted by atomic mass is 10.1. The first-order chi connectivity index (χ1) is 9.28. The zero-order valence-corrected chi connectivity index (χ0v) is 11.9. The fourth-order valence-corrected chi connectivity index (χ4v) is 3.54. The number of nitrogens with one attached hydrogen (secondary N) is 1. The van der Waals surface area contributed by atoms with Crippen molar-refractivity contribution in [3.05, 3.63) is 23.0 Å². The van der Waals surface area contributed by atoms with Crippen LogP contribution in [0.5, 0.6) is 5.75 Å². The molecule has 1 aromatic carbocycles. The van der Waals surface area contributed by atoms with Crippen molar-refractivity contribution in [1.82, 2.24) is 9.55 Å². The van der Waals surface area contributed by atoms with Gasteiger partial charge in [-0.05, 0) is 61.9 Å². The molecule has 1 heterocycles. The van der Waals surface area contributed by atoms with Crippen molar-refractivity contribution in [1.29, 1.82) is 0 Å². The molecular formula is C15H18N2OS. The SMILES string of the molecule is COc1ccc2[nH]c(=S)n(C(C3CC3)C3CC3)c2c1. The zero-order chi connectivity index (χ0) is 13.0. The van der Waals surface area contributed by atoms with Gasteiger partial charge in [0.15, 0.2) is 4.77 Å². The summed E-state index contributed by atoms with van der Waals surface area (Å²) in [6.07, 6.45) is 5.44. The van der Waals surface area contributed by atoms with Crippen LogP contribution in [0.4, 0.5) is 0 Å². The number of aromatic nitrogens is 2. The first-order valence-electron chi connectivity index (χ1n) is 7.06. The van der Waals surface area contributed by atoms with Gasteiger partial charge in [-0.1, -0.05) is 0 Å². The van der Waals surface area contributed by atoms with Crippen LogP contribution < -0.4 is 4.74 Å². The van der Waals surface area contributed by atoms with Crippen LogP contribution in [-0.4, -0.2) is 16.7 Å². The number of rotatable bonds is 4. The lowest BCUT2D eigenvalue weighted by Gasteiger charge is -2.18. The Morgan fingerprint density at radius 2 is 1.95 bits per heavy atom. The smallest absolute Gasteiger partial charge is 0.178 e. The Labute approximate surface area is 117 Å². The monoisotopic (exact) mass is 274 g/mol. The van der Waals surface area contributed by atoms with Crippen molar-refractivity contribution in [2.45, 2.75) is 31.7 Å². The average molecular weight is 274 g/mol. The maximum Gasteiger partial charge on any atom is 0.178 e. The fraction of sp³-hybridized carbons (Fsp3) is 0.533. The van der Waals surface area contributed by atoms with Crippen LogP contribution in [0.3, 0.4) is 0 Å². The molecule has 0 spiro atoms. The average Bonchev–Trinajstić information content (AvgIpc) is 3.30. The van der Waals surface area contributed by atoms with Crippen molar-refractivity contribution in [2.75, 3.05) is 7.11 Å². The third kappa shape index (κ3) is 1.89. The van der Waals surface area contributed by atoms with Gasteiger partial charge in [0.2, 0.25) is 0 Å². The van der Waals surface area contributed by atoms with Crippen LogP contribution in [0, 0.1) is 16.6 Å². The molecule has 2 aliphatic rings. The second kappa shape index (κ2) is 4.10. The third-order valence-electron chi connectivity index (χ3n) is 4.43. The van der Waals surface area contributed by atoms with Gasteiger partial charge in [-0.3, -0.25) is 0 Å². The summed E-state index contributed by atoms with van der Waals surface area (Å²) in [5.41, 5.74) is 2.32. The Morgan fingerprint density at radius 1 is 1.26 bits per heavy atom. The van der Waals surface area contributed by atoms with Crippen molar-refractivity contribution in [2.24, 2.45) is 11.8 Å². The number of fused-ring (bicyclic) bond motifs is 1. The number of hydrogen-bond acceptors (Lipinski definition) is 2. The molecule has 0 saturated heterocycles. The van der Waals surface area contributed by atoms with E-state index in [1.54, 1.807) is 7.11 Å². The molecule has 2 aliphatic carbocycles. The van der Waals surface area contributed by atoms with E-state index in [-0.39, 0.29) is 0 Å². The van der Waals surface area contributed by atoms with Crippen LogP contribution in [0.15, 0.2) is 18.2 Å². The molecule has 19 heavy (non-hydrogen) atoms. The van der Waals surface area contributed by atoms with Gasteiger partial charge in [-0.15, -0.1) is 0 Å². The first kappa shape index (κ1) is 11.5. The Hall–Kier alpha value is -1.29. The highest BCUT2D eigenvalue weighted by Gasteiger charge is 2.43. The van der Waals surface area contributed by atoms with E-state index in [0.717, 1.165) is 27.9 Å². The van der Waals surface area contributed by atoms with Gasteiger partial charge in [0.1, 0.15) is 5.75 Å². The molecule has 0 atom stereocenters. The number of ether oxygens (including phenoxy) is 1. The summed E-state index contributed by atoms with van der Waals surface area (Å²) in [5, 5.41) is 0. The van der Waals surface area contributed by atoms with Crippen LogP contribution in [-0.2, 0) is 0 Å². The van der Waals surface area contributed by atoms with Crippen LogP contribution in [0.2, 0.25) is 0 Å². The minimum atomic E-state index is 0.605. The van der Waals surface area contributed by atoms with E-state index in [2.05, 4.69) is 21.7 Å². The van der Waals surface area contributed by atoms with Gasteiger partial charge in [0.25, 0.3) is 0 Å². The number of imidazole rings is 1. The van der Waals surface area contributed by atoms with E-state index in [4.69, 9.17) is 17.0 Å². The van der Waals surface area contributed by atoms with E-state index in [1.165, 1.54) is 31.2 Å². The Morgan fingerprint density at radius 3 is 2.53 bits per heavy atom. The highest BCUT2D eigenvalue weighted by molar-refractivity contribution is 7.71. The number of H-pyrrole nitrogens is 1. The predicted molar refractivity (Wildman–Crippen MR) is 78.2 cm³/mol. The highest BCUT2D eigenvalue weighted by Crippen LogP contribution is 2.52. The van der Waals surface area contributed by atoms with E-state index in [0.29, 0.717) is 6.04 Å². The van der Waals surface area contributed by atoms with Gasteiger partial charge in [-0.25, -0.2) is 0 Å². The second-order valence-corrected chi connectivity index (χ2v) is 6.24. The van der Waals surface area contributed by atoms with E-state index < -0.39 is 0 Å². The van der Waals surface area contributed by atoms with Crippen LogP contribution in [0.25, 0.3) is 11.0 Å². The predicted octanol–water partition coefficient (Wildman–Crippen LogP) is 4.07. The molecule has 0 amide bonds. The van der Waals surface area contributed by atoms with Crippen LogP contribution in [0.1, 0.15) is 31.7 Å². The molecule has 1 N–H and O–H groups in total. The number of hydrogen-bond donors (Lipinski definition) is 1. The van der Waals surface area contributed by atoms with Gasteiger partial charge in [0, 0.05) is 12.1 Å². The lowest BCUT2D eigenvalue weighted by molar-refractivity contribution is 0.398. The summed E-state index contributed by atoms with van der Waals surface area (Å²) in [6.45, 7) is 0. The number of benzene rings is 1. The first-order valence-corrected chi connectivity index (χ1v) is 7.47. The normalized spacial score (nSPS) is 19.3. The fourth-order valence-electron chi connectivity index (χ4n) is 3.21. The standard InChI is InChI=1S/C15H18N2OS/c1-18-11-6-7-12-13(8-11)17(15(19)16-12)14(9-2-3-9)10-4-5-10/h6-10,14H,2-5H2,1H3,(H,16,19). The van der Waals surface area contributed by atoms with Crippen molar-refractivity contribution >= 4 is 23.3 Å². The molecular weight excluding hydrogens is 256 g/mol. The van der Waals surface area contributed by atoms with Gasteiger partial charge in [-0.2, -0.15) is 0 Å². The largest absolute Gasteiger partial charge is 0.497 e. The summed E-state index contributed by atoms with van der Waals surface area (Å²) in [4.78, 5) is 3.35. The molecule has 4 heteroatoms. The van der Waals surface area contributed by atoms with Crippen molar-refractivity contribution in [3.63, 3.8) is 0 Å². The summed E-state index contributed by atoms with van der Waals surface area (Å²) in [5.74, 6) is 2.58. The molecule has 0 radical (unpaired) electrons. The quantitative estimate of drug-likeness (QED) is 0.852. The number of nitrogens with zero attached hydrogens (tertiary/aromatic N) is 1. The molecule has 0 aliphatic heterocycles. The molecule has 4 rings (SSSR count). The van der Waals surface area contributed by atoms with E-state index >= 15 is 0 Å². The maximum absolute atomic E-state index is 5.57. The molecule has 2 saturated carbocycles. The third-order valence-corrected chi connectivity index (χ3v) is 4.73. The second-order valence-electron chi connectivity index (χ2n) is 5.85. The molecule has 0 bridgehead atoms. The van der Waals surface area contributed by atoms with Crippen LogP contribution >= 0.6 is 12.2 Å². The maximum atomic E-state index is 5.57. The molecule has 100 valence electrons. The Kier molecular flexibility index (Phi) is 2.49. The van der Waals surface area contributed by atoms with E-state index in [9.17, 15) is 0 Å². The van der Waals surface area contributed by atoms with Crippen molar-refractivity contribution < 1.29 is 4.74 Å². The lowest BCUT2D eigenvalue weighted by Crippen LogP contribution is -2.13. The highest BCUT2D eigenvalue weighted by atomic mass is 32.1. The Balaban J connectivity index is 1.91. The molecule has 1 aromatic heterocycles.